The summed E-state index contributed by atoms with van der Waals surface area (Å²) in [6.45, 7) is 2.21. The quantitative estimate of drug-likeness (QED) is 0.623. The predicted molar refractivity (Wildman–Crippen MR) is 83.0 cm³/mol. The van der Waals surface area contributed by atoms with Crippen LogP contribution in [0.5, 0.6) is 0 Å². The summed E-state index contributed by atoms with van der Waals surface area (Å²) in [6, 6.07) is 7.81. The van der Waals surface area contributed by atoms with Gasteiger partial charge in [-0.3, -0.25) is 4.79 Å². The van der Waals surface area contributed by atoms with Crippen LogP contribution in [0.1, 0.15) is 19.8 Å². The van der Waals surface area contributed by atoms with E-state index in [1.54, 1.807) is 37.3 Å². The summed E-state index contributed by atoms with van der Waals surface area (Å²) in [7, 11) is -3.60. The summed E-state index contributed by atoms with van der Waals surface area (Å²) >= 11 is 0. The van der Waals surface area contributed by atoms with E-state index in [9.17, 15) is 18.0 Å². The number of ether oxygens (including phenoxy) is 1. The number of rotatable bonds is 5. The summed E-state index contributed by atoms with van der Waals surface area (Å²) in [5.74, 6) is -1.81. The van der Waals surface area contributed by atoms with Gasteiger partial charge in [-0.15, -0.1) is 0 Å². The highest BCUT2D eigenvalue weighted by Crippen LogP contribution is 2.25. The van der Waals surface area contributed by atoms with Gasteiger partial charge in [-0.2, -0.15) is 4.31 Å². The second-order valence-electron chi connectivity index (χ2n) is 5.16. The number of sulfonamides is 1. The fourth-order valence-corrected chi connectivity index (χ4v) is 4.25. The summed E-state index contributed by atoms with van der Waals surface area (Å²) < 4.78 is 31.3. The van der Waals surface area contributed by atoms with Gasteiger partial charge in [0, 0.05) is 19.1 Å². The Balaban J connectivity index is 2.03. The van der Waals surface area contributed by atoms with Crippen LogP contribution in [0.15, 0.2) is 35.2 Å². The zero-order chi connectivity index (χ0) is 16.9. The average molecular weight is 340 g/mol. The molecule has 1 aliphatic heterocycles. The maximum atomic E-state index is 12.6. The van der Waals surface area contributed by atoms with Gasteiger partial charge in [0.15, 0.2) is 0 Å². The molecule has 126 valence electrons. The van der Waals surface area contributed by atoms with Crippen molar-refractivity contribution >= 4 is 21.9 Å². The van der Waals surface area contributed by atoms with Gasteiger partial charge in [0.05, 0.1) is 11.5 Å². The van der Waals surface area contributed by atoms with E-state index in [-0.39, 0.29) is 24.1 Å². The standard InChI is InChI=1S/C15H20N2O5S/c1-2-22-15(19)14(18)16-11-12-7-6-10-17(12)23(20,21)13-8-4-3-5-9-13/h3-5,8-9,12H,2,6-7,10-11H2,1H3,(H,16,18)/t12-/m0/s1. The van der Waals surface area contributed by atoms with Gasteiger partial charge in [-0.25, -0.2) is 13.2 Å². The molecule has 1 aliphatic rings. The molecule has 1 heterocycles. The van der Waals surface area contributed by atoms with Gasteiger partial charge in [-0.05, 0) is 31.9 Å². The van der Waals surface area contributed by atoms with Crippen LogP contribution in [0, 0.1) is 0 Å². The fourth-order valence-electron chi connectivity index (χ4n) is 2.54. The van der Waals surface area contributed by atoms with Crippen LogP contribution in [0.2, 0.25) is 0 Å². The zero-order valence-electron chi connectivity index (χ0n) is 12.9. The first-order valence-electron chi connectivity index (χ1n) is 7.48. The lowest BCUT2D eigenvalue weighted by atomic mass is 10.2. The van der Waals surface area contributed by atoms with Crippen molar-refractivity contribution in [1.82, 2.24) is 9.62 Å². The Kier molecular flexibility index (Phi) is 5.73. The third kappa shape index (κ3) is 4.08. The molecule has 1 N–H and O–H groups in total. The molecule has 1 fully saturated rings. The largest absolute Gasteiger partial charge is 0.459 e. The molecule has 0 aliphatic carbocycles. The van der Waals surface area contributed by atoms with Crippen molar-refractivity contribution in [2.45, 2.75) is 30.7 Å². The molecule has 1 aromatic carbocycles. The number of carbonyl (C=O) groups is 2. The first kappa shape index (κ1) is 17.4. The molecule has 2 rings (SSSR count). The minimum absolute atomic E-state index is 0.0870. The Morgan fingerprint density at radius 1 is 1.30 bits per heavy atom. The Morgan fingerprint density at radius 3 is 2.65 bits per heavy atom. The molecule has 1 saturated heterocycles. The van der Waals surface area contributed by atoms with Crippen LogP contribution in [-0.4, -0.2) is 50.3 Å². The van der Waals surface area contributed by atoms with Crippen molar-refractivity contribution in [3.8, 4) is 0 Å². The highest BCUT2D eigenvalue weighted by Gasteiger charge is 2.35. The Bertz CT molecular complexity index is 660. The van der Waals surface area contributed by atoms with E-state index in [0.717, 1.165) is 0 Å². The van der Waals surface area contributed by atoms with Crippen molar-refractivity contribution in [2.24, 2.45) is 0 Å². The molecule has 1 atom stereocenters. The average Bonchev–Trinajstić information content (AvgIpc) is 3.03. The molecule has 0 aromatic heterocycles. The number of hydrogen-bond acceptors (Lipinski definition) is 5. The molecular weight excluding hydrogens is 320 g/mol. The molecule has 0 radical (unpaired) electrons. The Morgan fingerprint density at radius 2 is 2.00 bits per heavy atom. The predicted octanol–water partition coefficient (Wildman–Crippen LogP) is 0.519. The molecule has 7 nitrogen and oxygen atoms in total. The molecule has 1 aromatic rings. The maximum Gasteiger partial charge on any atom is 0.396 e. The lowest BCUT2D eigenvalue weighted by Crippen LogP contribution is -2.44. The highest BCUT2D eigenvalue weighted by molar-refractivity contribution is 7.89. The van der Waals surface area contributed by atoms with Crippen molar-refractivity contribution < 1.29 is 22.7 Å². The number of benzene rings is 1. The van der Waals surface area contributed by atoms with E-state index in [2.05, 4.69) is 10.1 Å². The maximum absolute atomic E-state index is 12.6. The minimum atomic E-state index is -3.60. The number of nitrogens with zero attached hydrogens (tertiary/aromatic N) is 1. The van der Waals surface area contributed by atoms with Crippen LogP contribution >= 0.6 is 0 Å². The third-order valence-corrected chi connectivity index (χ3v) is 5.60. The molecule has 0 bridgehead atoms. The van der Waals surface area contributed by atoms with E-state index in [0.29, 0.717) is 19.4 Å². The fraction of sp³-hybridized carbons (Fsp3) is 0.467. The number of nitrogens with one attached hydrogen (secondary N) is 1. The first-order valence-corrected chi connectivity index (χ1v) is 8.92. The normalized spacial score (nSPS) is 18.6. The summed E-state index contributed by atoms with van der Waals surface area (Å²) in [4.78, 5) is 23.1. The second kappa shape index (κ2) is 7.56. The van der Waals surface area contributed by atoms with Gasteiger partial charge in [-0.1, -0.05) is 18.2 Å². The molecule has 23 heavy (non-hydrogen) atoms. The third-order valence-electron chi connectivity index (χ3n) is 3.63. The van der Waals surface area contributed by atoms with Crippen molar-refractivity contribution in [2.75, 3.05) is 19.7 Å². The van der Waals surface area contributed by atoms with Gasteiger partial charge in [0.1, 0.15) is 0 Å². The lowest BCUT2D eigenvalue weighted by Gasteiger charge is -2.24. The van der Waals surface area contributed by atoms with Crippen LogP contribution in [0.3, 0.4) is 0 Å². The molecule has 0 saturated carbocycles. The summed E-state index contributed by atoms with van der Waals surface area (Å²) in [5, 5.41) is 2.44. The smallest absolute Gasteiger partial charge is 0.396 e. The number of amides is 1. The number of esters is 1. The van der Waals surface area contributed by atoms with Crippen LogP contribution in [0.4, 0.5) is 0 Å². The van der Waals surface area contributed by atoms with Gasteiger partial charge < -0.3 is 10.1 Å². The van der Waals surface area contributed by atoms with Gasteiger partial charge >= 0.3 is 11.9 Å². The summed E-state index contributed by atoms with van der Waals surface area (Å²) in [6.07, 6.45) is 1.35. The highest BCUT2D eigenvalue weighted by atomic mass is 32.2. The first-order chi connectivity index (χ1) is 11.0. The van der Waals surface area contributed by atoms with E-state index in [4.69, 9.17) is 0 Å². The van der Waals surface area contributed by atoms with Crippen LogP contribution in [0.25, 0.3) is 0 Å². The van der Waals surface area contributed by atoms with Gasteiger partial charge in [0.25, 0.3) is 0 Å². The second-order valence-corrected chi connectivity index (χ2v) is 7.05. The van der Waals surface area contributed by atoms with E-state index in [1.807, 2.05) is 0 Å². The van der Waals surface area contributed by atoms with Gasteiger partial charge in [0.2, 0.25) is 10.0 Å². The van der Waals surface area contributed by atoms with Crippen molar-refractivity contribution in [3.63, 3.8) is 0 Å². The van der Waals surface area contributed by atoms with Crippen LogP contribution in [-0.2, 0) is 24.3 Å². The van der Waals surface area contributed by atoms with E-state index in [1.165, 1.54) is 4.31 Å². The van der Waals surface area contributed by atoms with E-state index < -0.39 is 21.9 Å². The van der Waals surface area contributed by atoms with Crippen molar-refractivity contribution in [3.05, 3.63) is 30.3 Å². The zero-order valence-corrected chi connectivity index (χ0v) is 13.7. The molecule has 8 heteroatoms. The molecule has 0 spiro atoms. The Labute approximate surface area is 135 Å². The summed E-state index contributed by atoms with van der Waals surface area (Å²) in [5.41, 5.74) is 0. The topological polar surface area (TPSA) is 92.8 Å². The minimum Gasteiger partial charge on any atom is -0.459 e. The lowest BCUT2D eigenvalue weighted by molar-refractivity contribution is -0.154. The van der Waals surface area contributed by atoms with E-state index >= 15 is 0 Å². The molecule has 0 unspecified atom stereocenters. The SMILES string of the molecule is CCOC(=O)C(=O)NC[C@@H]1CCCN1S(=O)(=O)c1ccccc1. The Hall–Kier alpha value is -1.93. The molecular formula is C15H20N2O5S. The number of hydrogen-bond donors (Lipinski definition) is 1. The monoisotopic (exact) mass is 340 g/mol. The number of carbonyl (C=O) groups excluding carboxylic acids is 2. The molecule has 1 amide bonds. The van der Waals surface area contributed by atoms with Crippen molar-refractivity contribution in [1.29, 1.82) is 0 Å². The van der Waals surface area contributed by atoms with Crippen LogP contribution < -0.4 is 5.32 Å².